The number of carbonyl (C=O) groups excluding carboxylic acids is 1. The molecule has 3 heterocycles. The van der Waals surface area contributed by atoms with Crippen LogP contribution in [0.25, 0.3) is 6.08 Å². The van der Waals surface area contributed by atoms with Crippen LogP contribution in [0.4, 0.5) is 5.82 Å². The number of carbonyl (C=O) groups is 1. The summed E-state index contributed by atoms with van der Waals surface area (Å²) in [5.41, 5.74) is 0.707. The van der Waals surface area contributed by atoms with E-state index in [4.69, 9.17) is 21.4 Å². The summed E-state index contributed by atoms with van der Waals surface area (Å²) in [7, 11) is 3.19. The van der Waals surface area contributed by atoms with Gasteiger partial charge in [0.2, 0.25) is 0 Å². The molecule has 2 aromatic heterocycles. The van der Waals surface area contributed by atoms with E-state index >= 15 is 0 Å². The number of nitrogens with zero attached hydrogens (tertiary/aromatic N) is 3. The van der Waals surface area contributed by atoms with Gasteiger partial charge in [-0.2, -0.15) is 5.26 Å². The average Bonchev–Trinajstić information content (AvgIpc) is 3.36. The van der Waals surface area contributed by atoms with E-state index in [-0.39, 0.29) is 11.5 Å². The minimum Gasteiger partial charge on any atom is -0.467 e. The SMILES string of the molecule is COCCCN1C(=O)/C(=C/c2c(C)c(C#N)c(=O)n(C)c2NCc2ccco2)SC1=S. The van der Waals surface area contributed by atoms with Gasteiger partial charge in [0.25, 0.3) is 11.5 Å². The Morgan fingerprint density at radius 1 is 1.42 bits per heavy atom. The van der Waals surface area contributed by atoms with Crippen molar-refractivity contribution in [3.63, 3.8) is 0 Å². The molecule has 0 bridgehead atoms. The Balaban J connectivity index is 2.02. The number of rotatable bonds is 8. The van der Waals surface area contributed by atoms with Crippen LogP contribution in [-0.2, 0) is 23.1 Å². The highest BCUT2D eigenvalue weighted by Crippen LogP contribution is 2.35. The van der Waals surface area contributed by atoms with Crippen molar-refractivity contribution in [3.05, 3.63) is 56.1 Å². The van der Waals surface area contributed by atoms with E-state index in [1.54, 1.807) is 44.4 Å². The van der Waals surface area contributed by atoms with Crippen LogP contribution in [0.3, 0.4) is 0 Å². The molecule has 0 aromatic carbocycles. The predicted molar refractivity (Wildman–Crippen MR) is 124 cm³/mol. The van der Waals surface area contributed by atoms with Crippen LogP contribution < -0.4 is 10.9 Å². The predicted octanol–water partition coefficient (Wildman–Crippen LogP) is 3.01. The van der Waals surface area contributed by atoms with E-state index < -0.39 is 5.56 Å². The summed E-state index contributed by atoms with van der Waals surface area (Å²) in [5, 5.41) is 12.7. The van der Waals surface area contributed by atoms with Crippen LogP contribution in [0.5, 0.6) is 0 Å². The van der Waals surface area contributed by atoms with Crippen molar-refractivity contribution in [2.75, 3.05) is 25.6 Å². The van der Waals surface area contributed by atoms with Crippen LogP contribution in [-0.4, -0.2) is 40.0 Å². The van der Waals surface area contributed by atoms with Crippen LogP contribution in [0, 0.1) is 18.3 Å². The molecule has 1 saturated heterocycles. The van der Waals surface area contributed by atoms with Crippen molar-refractivity contribution >= 4 is 46.1 Å². The Hall–Kier alpha value is -2.87. The van der Waals surface area contributed by atoms with E-state index in [0.717, 1.165) is 0 Å². The monoisotopic (exact) mass is 458 g/mol. The van der Waals surface area contributed by atoms with Crippen molar-refractivity contribution < 1.29 is 13.9 Å². The van der Waals surface area contributed by atoms with E-state index in [0.29, 0.717) is 58.0 Å². The van der Waals surface area contributed by atoms with Gasteiger partial charge >= 0.3 is 0 Å². The Kier molecular flexibility index (Phi) is 7.33. The van der Waals surface area contributed by atoms with Crippen LogP contribution in [0.2, 0.25) is 0 Å². The molecule has 0 aliphatic carbocycles. The van der Waals surface area contributed by atoms with Crippen LogP contribution in [0.15, 0.2) is 32.5 Å². The highest BCUT2D eigenvalue weighted by molar-refractivity contribution is 8.26. The van der Waals surface area contributed by atoms with E-state index in [1.165, 1.54) is 16.3 Å². The first-order chi connectivity index (χ1) is 14.9. The molecule has 31 heavy (non-hydrogen) atoms. The number of hydrogen-bond donors (Lipinski definition) is 1. The lowest BCUT2D eigenvalue weighted by Gasteiger charge is -2.17. The van der Waals surface area contributed by atoms with Crippen molar-refractivity contribution in [3.8, 4) is 6.07 Å². The smallest absolute Gasteiger partial charge is 0.270 e. The molecular weight excluding hydrogens is 436 g/mol. The number of ether oxygens (including phenoxy) is 1. The van der Waals surface area contributed by atoms with Crippen molar-refractivity contribution in [2.24, 2.45) is 7.05 Å². The average molecular weight is 459 g/mol. The molecule has 1 aliphatic heterocycles. The Morgan fingerprint density at radius 3 is 2.84 bits per heavy atom. The molecular formula is C21H22N4O4S2. The molecule has 0 atom stereocenters. The fraction of sp³-hybridized carbons (Fsp3) is 0.333. The largest absolute Gasteiger partial charge is 0.467 e. The van der Waals surface area contributed by atoms with E-state index in [1.807, 2.05) is 12.1 Å². The number of amides is 1. The maximum absolute atomic E-state index is 12.9. The first-order valence-corrected chi connectivity index (χ1v) is 10.8. The van der Waals surface area contributed by atoms with Gasteiger partial charge in [0, 0.05) is 32.9 Å². The lowest BCUT2D eigenvalue weighted by Crippen LogP contribution is -2.29. The van der Waals surface area contributed by atoms with Crippen molar-refractivity contribution in [1.29, 1.82) is 5.26 Å². The highest BCUT2D eigenvalue weighted by Gasteiger charge is 2.32. The third-order valence-corrected chi connectivity index (χ3v) is 6.27. The van der Waals surface area contributed by atoms with E-state index in [2.05, 4.69) is 5.32 Å². The minimum atomic E-state index is -0.411. The summed E-state index contributed by atoms with van der Waals surface area (Å²) in [4.78, 5) is 27.6. The van der Waals surface area contributed by atoms with Gasteiger partial charge in [-0.1, -0.05) is 24.0 Å². The zero-order valence-corrected chi connectivity index (χ0v) is 19.1. The molecule has 8 nitrogen and oxygen atoms in total. The van der Waals surface area contributed by atoms with Gasteiger partial charge in [0.05, 0.1) is 17.7 Å². The highest BCUT2D eigenvalue weighted by atomic mass is 32.2. The molecule has 0 unspecified atom stereocenters. The van der Waals surface area contributed by atoms with Crippen molar-refractivity contribution in [2.45, 2.75) is 19.9 Å². The number of thiocarbonyl (C=S) groups is 1. The van der Waals surface area contributed by atoms with E-state index in [9.17, 15) is 14.9 Å². The number of methoxy groups -OCH3 is 1. The van der Waals surface area contributed by atoms with Gasteiger partial charge in [0.1, 0.15) is 27.5 Å². The fourth-order valence-electron chi connectivity index (χ4n) is 3.22. The maximum atomic E-state index is 12.9. The molecule has 1 amide bonds. The summed E-state index contributed by atoms with van der Waals surface area (Å²) < 4.78 is 12.3. The second-order valence-corrected chi connectivity index (χ2v) is 8.53. The third kappa shape index (κ3) is 4.74. The number of aromatic nitrogens is 1. The molecule has 3 rings (SSSR count). The van der Waals surface area contributed by atoms with Gasteiger partial charge in [-0.25, -0.2) is 0 Å². The molecule has 2 aromatic rings. The zero-order valence-electron chi connectivity index (χ0n) is 17.4. The van der Waals surface area contributed by atoms with Crippen molar-refractivity contribution in [1.82, 2.24) is 9.47 Å². The molecule has 0 saturated carbocycles. The third-order valence-electron chi connectivity index (χ3n) is 4.89. The molecule has 0 radical (unpaired) electrons. The first-order valence-electron chi connectivity index (χ1n) is 9.53. The number of anilines is 1. The number of hydrogen-bond acceptors (Lipinski definition) is 8. The van der Waals surface area contributed by atoms with Crippen LogP contribution >= 0.6 is 24.0 Å². The maximum Gasteiger partial charge on any atom is 0.270 e. The van der Waals surface area contributed by atoms with Gasteiger partial charge in [-0.3, -0.25) is 19.1 Å². The summed E-state index contributed by atoms with van der Waals surface area (Å²) >= 11 is 6.58. The number of nitriles is 1. The van der Waals surface area contributed by atoms with Gasteiger partial charge < -0.3 is 14.5 Å². The Labute approximate surface area is 189 Å². The lowest BCUT2D eigenvalue weighted by molar-refractivity contribution is -0.122. The minimum absolute atomic E-state index is 0.0351. The Morgan fingerprint density at radius 2 is 2.19 bits per heavy atom. The standard InChI is InChI=1S/C21H22N4O4S2/c1-13-15(10-17-20(27)25(21(30)31-17)7-5-8-28-3)18(23-12-14-6-4-9-29-14)24(2)19(26)16(13)11-22/h4,6,9-10,23H,5,7-8,12H2,1-3H3/b17-10-. The summed E-state index contributed by atoms with van der Waals surface area (Å²) in [6.07, 6.45) is 3.93. The Bertz CT molecular complexity index is 1130. The summed E-state index contributed by atoms with van der Waals surface area (Å²) in [6, 6.07) is 5.56. The van der Waals surface area contributed by atoms with Gasteiger partial charge in [0.15, 0.2) is 0 Å². The first kappa shape index (κ1) is 22.8. The molecule has 1 fully saturated rings. The number of nitrogens with one attached hydrogen (secondary N) is 1. The topological polar surface area (TPSA) is 101 Å². The molecule has 162 valence electrons. The van der Waals surface area contributed by atoms with Gasteiger partial charge in [-0.15, -0.1) is 0 Å². The zero-order chi connectivity index (χ0) is 22.5. The second kappa shape index (κ2) is 9.96. The molecule has 0 spiro atoms. The number of thioether (sulfide) groups is 1. The number of pyridine rings is 1. The second-order valence-electron chi connectivity index (χ2n) is 6.85. The van der Waals surface area contributed by atoms with Crippen LogP contribution in [0.1, 0.15) is 28.9 Å². The van der Waals surface area contributed by atoms with Gasteiger partial charge in [-0.05, 0) is 37.1 Å². The summed E-state index contributed by atoms with van der Waals surface area (Å²) in [5.74, 6) is 0.974. The summed E-state index contributed by atoms with van der Waals surface area (Å²) in [6.45, 7) is 3.03. The lowest BCUT2D eigenvalue weighted by atomic mass is 10.0. The normalized spacial score (nSPS) is 15.0. The number of furan rings is 1. The molecule has 1 N–H and O–H groups in total. The molecule has 10 heteroatoms. The fourth-order valence-corrected chi connectivity index (χ4v) is 4.51. The molecule has 1 aliphatic rings. The quantitative estimate of drug-likeness (QED) is 0.366.